The molecule has 3 N–H and O–H groups in total. The van der Waals surface area contributed by atoms with Gasteiger partial charge in [-0.15, -0.1) is 0 Å². The fourth-order valence-electron chi connectivity index (χ4n) is 1.35. The predicted molar refractivity (Wildman–Crippen MR) is 60.4 cm³/mol. The lowest BCUT2D eigenvalue weighted by Crippen LogP contribution is -2.21. The Kier molecular flexibility index (Phi) is 4.73. The topological polar surface area (TPSA) is 69.9 Å². The molecule has 1 unspecified atom stereocenters. The molecule has 0 spiro atoms. The van der Waals surface area contributed by atoms with Crippen molar-refractivity contribution in [3.05, 3.63) is 29.3 Å². The Balaban J connectivity index is 2.80. The summed E-state index contributed by atoms with van der Waals surface area (Å²) in [4.78, 5) is 0. The van der Waals surface area contributed by atoms with E-state index in [9.17, 15) is 10.2 Å². The summed E-state index contributed by atoms with van der Waals surface area (Å²) in [6.07, 6.45) is -1.52. The highest BCUT2D eigenvalue weighted by atomic mass is 16.5. The van der Waals surface area contributed by atoms with Crippen molar-refractivity contribution in [1.82, 2.24) is 0 Å². The molecule has 0 aromatic heterocycles. The molecule has 0 fully saturated rings. The molecule has 0 aliphatic carbocycles. The average molecular weight is 226 g/mol. The summed E-state index contributed by atoms with van der Waals surface area (Å²) in [6.45, 7) is 3.25. The predicted octanol–water partition coefficient (Wildman–Crippen LogP) is 0.780. The molecule has 4 heteroatoms. The van der Waals surface area contributed by atoms with Crippen LogP contribution in [0.25, 0.3) is 0 Å². The summed E-state index contributed by atoms with van der Waals surface area (Å²) >= 11 is 0. The Hall–Kier alpha value is -1.10. The van der Waals surface area contributed by atoms with Crippen molar-refractivity contribution >= 4 is 0 Å². The lowest BCUT2D eigenvalue weighted by Gasteiger charge is -2.15. The standard InChI is InChI=1S/C12H18O4/c1-8-3-4-11(9(2)14)12(5-8)16-7-10(15)6-13/h3-5,9-10,13-15H,6-7H2,1-2H3/t9-,10?/m1/s1. The van der Waals surface area contributed by atoms with Gasteiger partial charge in [-0.3, -0.25) is 0 Å². The largest absolute Gasteiger partial charge is 0.490 e. The van der Waals surface area contributed by atoms with Gasteiger partial charge >= 0.3 is 0 Å². The molecule has 16 heavy (non-hydrogen) atoms. The molecule has 90 valence electrons. The van der Waals surface area contributed by atoms with E-state index in [1.807, 2.05) is 13.0 Å². The van der Waals surface area contributed by atoms with Gasteiger partial charge < -0.3 is 20.1 Å². The highest BCUT2D eigenvalue weighted by Crippen LogP contribution is 2.26. The molecule has 0 aliphatic heterocycles. The van der Waals surface area contributed by atoms with E-state index in [0.29, 0.717) is 11.3 Å². The molecular weight excluding hydrogens is 208 g/mol. The van der Waals surface area contributed by atoms with Crippen LogP contribution in [0, 0.1) is 6.92 Å². The van der Waals surface area contributed by atoms with Gasteiger partial charge in [-0.25, -0.2) is 0 Å². The van der Waals surface area contributed by atoms with Crippen LogP contribution in [0.3, 0.4) is 0 Å². The minimum absolute atomic E-state index is 0.0136. The van der Waals surface area contributed by atoms with E-state index in [1.165, 1.54) is 0 Å². The Morgan fingerprint density at radius 3 is 2.56 bits per heavy atom. The van der Waals surface area contributed by atoms with Crippen molar-refractivity contribution in [3.8, 4) is 5.75 Å². The Morgan fingerprint density at radius 1 is 1.31 bits per heavy atom. The minimum Gasteiger partial charge on any atom is -0.490 e. The van der Waals surface area contributed by atoms with Crippen LogP contribution in [0.2, 0.25) is 0 Å². The van der Waals surface area contributed by atoms with Crippen LogP contribution in [0.1, 0.15) is 24.2 Å². The molecule has 1 aromatic carbocycles. The van der Waals surface area contributed by atoms with Gasteiger partial charge in [0.15, 0.2) is 0 Å². The number of hydrogen-bond donors (Lipinski definition) is 3. The fourth-order valence-corrected chi connectivity index (χ4v) is 1.35. The molecular formula is C12H18O4. The van der Waals surface area contributed by atoms with Crippen molar-refractivity contribution in [3.63, 3.8) is 0 Å². The third-order valence-electron chi connectivity index (χ3n) is 2.26. The third-order valence-corrected chi connectivity index (χ3v) is 2.26. The smallest absolute Gasteiger partial charge is 0.125 e. The Labute approximate surface area is 95.1 Å². The van der Waals surface area contributed by atoms with Gasteiger partial charge in [-0.2, -0.15) is 0 Å². The van der Waals surface area contributed by atoms with Crippen molar-refractivity contribution in [1.29, 1.82) is 0 Å². The second-order valence-corrected chi connectivity index (χ2v) is 3.86. The van der Waals surface area contributed by atoms with Gasteiger partial charge in [0.05, 0.1) is 12.7 Å². The summed E-state index contributed by atoms with van der Waals surface area (Å²) in [5, 5.41) is 27.4. The van der Waals surface area contributed by atoms with Crippen LogP contribution in [-0.2, 0) is 0 Å². The van der Waals surface area contributed by atoms with Crippen molar-refractivity contribution in [2.45, 2.75) is 26.1 Å². The lowest BCUT2D eigenvalue weighted by molar-refractivity contribution is 0.0523. The molecule has 1 rings (SSSR count). The fraction of sp³-hybridized carbons (Fsp3) is 0.500. The van der Waals surface area contributed by atoms with Gasteiger partial charge in [0.1, 0.15) is 18.5 Å². The quantitative estimate of drug-likeness (QED) is 0.694. The zero-order chi connectivity index (χ0) is 12.1. The van der Waals surface area contributed by atoms with E-state index < -0.39 is 12.2 Å². The number of aryl methyl sites for hydroxylation is 1. The van der Waals surface area contributed by atoms with Gasteiger partial charge in [0.25, 0.3) is 0 Å². The first-order valence-electron chi connectivity index (χ1n) is 5.25. The second-order valence-electron chi connectivity index (χ2n) is 3.86. The van der Waals surface area contributed by atoms with E-state index in [1.54, 1.807) is 19.1 Å². The van der Waals surface area contributed by atoms with Crippen LogP contribution in [0.4, 0.5) is 0 Å². The van der Waals surface area contributed by atoms with Gasteiger partial charge in [0.2, 0.25) is 0 Å². The molecule has 0 saturated carbocycles. The van der Waals surface area contributed by atoms with Crippen LogP contribution >= 0.6 is 0 Å². The molecule has 0 radical (unpaired) electrons. The third kappa shape index (κ3) is 3.48. The summed E-state index contributed by atoms with van der Waals surface area (Å²) in [5.74, 6) is 0.544. The molecule has 0 bridgehead atoms. The van der Waals surface area contributed by atoms with E-state index >= 15 is 0 Å². The van der Waals surface area contributed by atoms with E-state index in [0.717, 1.165) is 5.56 Å². The monoisotopic (exact) mass is 226 g/mol. The molecule has 2 atom stereocenters. The second kappa shape index (κ2) is 5.84. The zero-order valence-electron chi connectivity index (χ0n) is 9.55. The highest BCUT2D eigenvalue weighted by Gasteiger charge is 2.11. The lowest BCUT2D eigenvalue weighted by atomic mass is 10.1. The molecule has 0 saturated heterocycles. The SMILES string of the molecule is Cc1ccc([C@@H](C)O)c(OCC(O)CO)c1. The maximum absolute atomic E-state index is 9.53. The van der Waals surface area contributed by atoms with Crippen molar-refractivity contribution in [2.75, 3.05) is 13.2 Å². The molecule has 0 amide bonds. The summed E-state index contributed by atoms with van der Waals surface area (Å²) in [5.41, 5.74) is 1.69. The number of aliphatic hydroxyl groups is 3. The van der Waals surface area contributed by atoms with Crippen LogP contribution in [0.15, 0.2) is 18.2 Å². The number of hydrogen-bond acceptors (Lipinski definition) is 4. The first-order valence-corrected chi connectivity index (χ1v) is 5.25. The number of rotatable bonds is 5. The van der Waals surface area contributed by atoms with E-state index in [2.05, 4.69) is 0 Å². The number of benzene rings is 1. The number of aliphatic hydroxyl groups excluding tert-OH is 3. The minimum atomic E-state index is -0.901. The Bertz CT molecular complexity index is 336. The summed E-state index contributed by atoms with van der Waals surface area (Å²) in [6, 6.07) is 5.48. The van der Waals surface area contributed by atoms with Crippen molar-refractivity contribution < 1.29 is 20.1 Å². The van der Waals surface area contributed by atoms with Crippen LogP contribution in [0.5, 0.6) is 5.75 Å². The van der Waals surface area contributed by atoms with Crippen molar-refractivity contribution in [2.24, 2.45) is 0 Å². The highest BCUT2D eigenvalue weighted by molar-refractivity contribution is 5.38. The maximum atomic E-state index is 9.53. The molecule has 1 aromatic rings. The molecule has 0 aliphatic rings. The molecule has 0 heterocycles. The van der Waals surface area contributed by atoms with E-state index in [-0.39, 0.29) is 13.2 Å². The van der Waals surface area contributed by atoms with E-state index in [4.69, 9.17) is 9.84 Å². The number of ether oxygens (including phenoxy) is 1. The zero-order valence-corrected chi connectivity index (χ0v) is 9.55. The molecule has 4 nitrogen and oxygen atoms in total. The average Bonchev–Trinajstić information content (AvgIpc) is 2.25. The first kappa shape index (κ1) is 13.0. The van der Waals surface area contributed by atoms with Crippen LogP contribution < -0.4 is 4.74 Å². The summed E-state index contributed by atoms with van der Waals surface area (Å²) < 4.78 is 5.36. The van der Waals surface area contributed by atoms with Gasteiger partial charge in [0, 0.05) is 5.56 Å². The van der Waals surface area contributed by atoms with Gasteiger partial charge in [-0.1, -0.05) is 12.1 Å². The normalized spacial score (nSPS) is 14.6. The summed E-state index contributed by atoms with van der Waals surface area (Å²) in [7, 11) is 0. The Morgan fingerprint density at radius 2 is 2.00 bits per heavy atom. The van der Waals surface area contributed by atoms with Crippen LogP contribution in [-0.4, -0.2) is 34.6 Å². The maximum Gasteiger partial charge on any atom is 0.125 e. The van der Waals surface area contributed by atoms with Gasteiger partial charge in [-0.05, 0) is 25.5 Å². The first-order chi connectivity index (χ1) is 7.54.